The lowest BCUT2D eigenvalue weighted by atomic mass is 10.1. The predicted octanol–water partition coefficient (Wildman–Crippen LogP) is 5.66. The van der Waals surface area contributed by atoms with Crippen LogP contribution in [0.4, 0.5) is 5.69 Å². The van der Waals surface area contributed by atoms with Crippen LogP contribution >= 0.6 is 22.6 Å². The molecule has 23 heavy (non-hydrogen) atoms. The molecule has 2 heterocycles. The minimum atomic E-state index is 0. The zero-order chi connectivity index (χ0) is 15.3. The number of aromatic amines is 2. The normalized spacial score (nSPS) is 10.8. The van der Waals surface area contributed by atoms with Crippen molar-refractivity contribution in [2.75, 3.05) is 0 Å². The van der Waals surface area contributed by atoms with Crippen LogP contribution in [0.3, 0.4) is 0 Å². The minimum absolute atomic E-state index is 0. The van der Waals surface area contributed by atoms with Gasteiger partial charge in [0.05, 0.1) is 11.3 Å². The summed E-state index contributed by atoms with van der Waals surface area (Å²) in [6, 6.07) is 13.3. The third-order valence-electron chi connectivity index (χ3n) is 3.76. The van der Waals surface area contributed by atoms with Crippen molar-refractivity contribution in [2.24, 2.45) is 5.18 Å². The van der Waals surface area contributed by atoms with Crippen molar-refractivity contribution in [3.05, 3.63) is 50.9 Å². The van der Waals surface area contributed by atoms with Crippen LogP contribution in [0.1, 0.15) is 7.43 Å². The second-order valence-corrected chi connectivity index (χ2v) is 6.27. The number of nitrogens with zero attached hydrogens (tertiary/aromatic N) is 1. The third-order valence-corrected chi connectivity index (χ3v) is 4.43. The van der Waals surface area contributed by atoms with E-state index in [0.29, 0.717) is 16.9 Å². The van der Waals surface area contributed by atoms with Crippen LogP contribution in [0.5, 0.6) is 5.88 Å². The fourth-order valence-electron chi connectivity index (χ4n) is 2.81. The van der Waals surface area contributed by atoms with E-state index in [4.69, 9.17) is 0 Å². The maximum absolute atomic E-state index is 11.3. The van der Waals surface area contributed by atoms with E-state index >= 15 is 0 Å². The first-order valence-corrected chi connectivity index (χ1v) is 7.71. The Bertz CT molecular complexity index is 1030. The van der Waals surface area contributed by atoms with E-state index in [0.717, 1.165) is 25.4 Å². The summed E-state index contributed by atoms with van der Waals surface area (Å²) in [5, 5.41) is 15.1. The number of nitrogens with one attached hydrogen (secondary N) is 2. The van der Waals surface area contributed by atoms with Crippen LogP contribution in [0, 0.1) is 8.48 Å². The molecule has 0 fully saturated rings. The van der Waals surface area contributed by atoms with Crippen molar-refractivity contribution in [3.8, 4) is 17.1 Å². The molecular formula is C17H14IN3O2. The number of para-hydroxylation sites is 1. The van der Waals surface area contributed by atoms with Crippen LogP contribution in [-0.2, 0) is 0 Å². The van der Waals surface area contributed by atoms with Crippen molar-refractivity contribution < 1.29 is 5.11 Å². The van der Waals surface area contributed by atoms with Crippen molar-refractivity contribution in [3.63, 3.8) is 0 Å². The molecule has 0 atom stereocenters. The Balaban J connectivity index is 0.00000156. The molecule has 0 aliphatic rings. The number of nitroso groups, excluding NO2 is 1. The Kier molecular flexibility index (Phi) is 3.85. The van der Waals surface area contributed by atoms with Crippen LogP contribution in [0.15, 0.2) is 47.6 Å². The minimum Gasteiger partial charge on any atom is -0.494 e. The Morgan fingerprint density at radius 2 is 1.74 bits per heavy atom. The molecule has 4 rings (SSSR count). The number of benzene rings is 2. The lowest BCUT2D eigenvalue weighted by molar-refractivity contribution is 0.460. The molecule has 0 aliphatic heterocycles. The fourth-order valence-corrected chi connectivity index (χ4v) is 3.30. The van der Waals surface area contributed by atoms with E-state index in [1.807, 2.05) is 42.5 Å². The van der Waals surface area contributed by atoms with Gasteiger partial charge in [0.1, 0.15) is 5.69 Å². The Morgan fingerprint density at radius 3 is 2.52 bits per heavy atom. The highest BCUT2D eigenvalue weighted by molar-refractivity contribution is 14.1. The number of H-pyrrole nitrogens is 2. The molecule has 0 saturated carbocycles. The molecule has 6 heteroatoms. The van der Waals surface area contributed by atoms with Crippen LogP contribution in [0.25, 0.3) is 33.1 Å². The highest BCUT2D eigenvalue weighted by atomic mass is 127. The average Bonchev–Trinajstić information content (AvgIpc) is 3.03. The molecule has 5 nitrogen and oxygen atoms in total. The highest BCUT2D eigenvalue weighted by Crippen LogP contribution is 2.44. The summed E-state index contributed by atoms with van der Waals surface area (Å²) in [7, 11) is 0. The van der Waals surface area contributed by atoms with Gasteiger partial charge in [0.25, 0.3) is 0 Å². The molecule has 0 spiro atoms. The van der Waals surface area contributed by atoms with Crippen LogP contribution in [-0.4, -0.2) is 15.1 Å². The van der Waals surface area contributed by atoms with E-state index in [-0.39, 0.29) is 13.3 Å². The molecular weight excluding hydrogens is 405 g/mol. The number of hydrogen-bond donors (Lipinski definition) is 3. The number of aromatic hydroxyl groups is 1. The van der Waals surface area contributed by atoms with E-state index < -0.39 is 0 Å². The molecule has 116 valence electrons. The Morgan fingerprint density at radius 1 is 1.00 bits per heavy atom. The van der Waals surface area contributed by atoms with Gasteiger partial charge in [-0.3, -0.25) is 0 Å². The number of hydrogen-bond acceptors (Lipinski definition) is 3. The molecule has 0 saturated heterocycles. The standard InChI is InChI=1S/C16H10IN3O2.CH4/c17-8-5-6-12-10(7-8)13(16(21)19-12)15-14(20-22)9-3-1-2-4-11(9)18-15;/h1-7,18-19,21H;1H4. The largest absolute Gasteiger partial charge is 0.494 e. The van der Waals surface area contributed by atoms with Gasteiger partial charge in [-0.2, -0.15) is 0 Å². The molecule has 2 aromatic carbocycles. The van der Waals surface area contributed by atoms with Gasteiger partial charge in [-0.05, 0) is 52.0 Å². The first-order chi connectivity index (χ1) is 10.7. The van der Waals surface area contributed by atoms with Crippen molar-refractivity contribution in [1.82, 2.24) is 9.97 Å². The van der Waals surface area contributed by atoms with Crippen molar-refractivity contribution >= 4 is 50.1 Å². The zero-order valence-electron chi connectivity index (χ0n) is 11.2. The fraction of sp³-hybridized carbons (Fsp3) is 0.0588. The van der Waals surface area contributed by atoms with Gasteiger partial charge in [0, 0.05) is 25.4 Å². The molecule has 0 aliphatic carbocycles. The van der Waals surface area contributed by atoms with Crippen LogP contribution in [0.2, 0.25) is 0 Å². The maximum atomic E-state index is 11.3. The van der Waals surface area contributed by atoms with E-state index in [1.54, 1.807) is 0 Å². The second-order valence-electron chi connectivity index (χ2n) is 5.02. The Hall–Kier alpha value is -2.35. The van der Waals surface area contributed by atoms with E-state index in [9.17, 15) is 10.0 Å². The Labute approximate surface area is 145 Å². The molecule has 0 amide bonds. The van der Waals surface area contributed by atoms with E-state index in [1.165, 1.54) is 0 Å². The number of aromatic nitrogens is 2. The van der Waals surface area contributed by atoms with Gasteiger partial charge >= 0.3 is 0 Å². The first-order valence-electron chi connectivity index (χ1n) is 6.63. The monoisotopic (exact) mass is 419 g/mol. The topological polar surface area (TPSA) is 81.2 Å². The van der Waals surface area contributed by atoms with Crippen molar-refractivity contribution in [1.29, 1.82) is 0 Å². The molecule has 4 aromatic rings. The van der Waals surface area contributed by atoms with Gasteiger partial charge in [-0.25, -0.2) is 0 Å². The second kappa shape index (κ2) is 5.69. The van der Waals surface area contributed by atoms with E-state index in [2.05, 4.69) is 37.7 Å². The zero-order valence-corrected chi connectivity index (χ0v) is 13.4. The summed E-state index contributed by atoms with van der Waals surface area (Å²) in [6.07, 6.45) is 0. The van der Waals surface area contributed by atoms with Gasteiger partial charge < -0.3 is 15.1 Å². The molecule has 0 bridgehead atoms. The smallest absolute Gasteiger partial charge is 0.199 e. The molecule has 3 N–H and O–H groups in total. The maximum Gasteiger partial charge on any atom is 0.199 e. The average molecular weight is 419 g/mol. The quantitative estimate of drug-likeness (QED) is 0.290. The van der Waals surface area contributed by atoms with Gasteiger partial charge in [-0.1, -0.05) is 25.6 Å². The summed E-state index contributed by atoms with van der Waals surface area (Å²) in [4.78, 5) is 17.5. The first kappa shape index (κ1) is 15.5. The third kappa shape index (κ3) is 2.29. The van der Waals surface area contributed by atoms with Crippen molar-refractivity contribution in [2.45, 2.75) is 7.43 Å². The van der Waals surface area contributed by atoms with Crippen LogP contribution < -0.4 is 0 Å². The summed E-state index contributed by atoms with van der Waals surface area (Å²) >= 11 is 2.21. The lowest BCUT2D eigenvalue weighted by Crippen LogP contribution is -1.78. The summed E-state index contributed by atoms with van der Waals surface area (Å²) < 4.78 is 1.04. The number of fused-ring (bicyclic) bond motifs is 2. The summed E-state index contributed by atoms with van der Waals surface area (Å²) in [6.45, 7) is 0. The van der Waals surface area contributed by atoms with Gasteiger partial charge in [-0.15, -0.1) is 4.91 Å². The lowest BCUT2D eigenvalue weighted by Gasteiger charge is -1.99. The predicted molar refractivity (Wildman–Crippen MR) is 102 cm³/mol. The SMILES string of the molecule is C.O=Nc1c(-c2c(O)[nH]c3ccc(I)cc23)[nH]c2ccccc12. The summed E-state index contributed by atoms with van der Waals surface area (Å²) in [5.41, 5.74) is 3.03. The highest BCUT2D eigenvalue weighted by Gasteiger charge is 2.21. The molecule has 0 radical (unpaired) electrons. The molecule has 0 unspecified atom stereocenters. The van der Waals surface area contributed by atoms with Gasteiger partial charge in [0.2, 0.25) is 0 Å². The number of halogens is 1. The molecule has 2 aromatic heterocycles. The van der Waals surface area contributed by atoms with Gasteiger partial charge in [0.15, 0.2) is 5.88 Å². The number of rotatable bonds is 2. The summed E-state index contributed by atoms with van der Waals surface area (Å²) in [5.74, 6) is 0.0217.